The quantitative estimate of drug-likeness (QED) is 0.0344. The number of alkyl halides is 4. The topological polar surface area (TPSA) is 200 Å². The average molecular weight is 939 g/mol. The van der Waals surface area contributed by atoms with E-state index < -0.39 is 80.1 Å². The summed E-state index contributed by atoms with van der Waals surface area (Å²) in [6.45, 7) is 5.27. The van der Waals surface area contributed by atoms with Gasteiger partial charge in [-0.15, -0.1) is 0 Å². The number of halogens is 4. The zero-order valence-electron chi connectivity index (χ0n) is 36.6. The zero-order chi connectivity index (χ0) is 48.3. The molecule has 0 amide bonds. The number of carbonyl (C=O) groups is 7. The first kappa shape index (κ1) is 54.1. The van der Waals surface area contributed by atoms with E-state index in [4.69, 9.17) is 33.4 Å². The Labute approximate surface area is 375 Å². The lowest BCUT2D eigenvalue weighted by Crippen LogP contribution is -2.30. The van der Waals surface area contributed by atoms with E-state index in [-0.39, 0.29) is 68.1 Å². The van der Waals surface area contributed by atoms with Gasteiger partial charge in [-0.3, -0.25) is 19.2 Å². The number of ketones is 2. The normalized spacial score (nSPS) is 24.6. The average Bonchev–Trinajstić information content (AvgIpc) is 4.03. The Bertz CT molecular complexity index is 1930. The number of fused-ring (bicyclic) bond motifs is 2. The van der Waals surface area contributed by atoms with Crippen LogP contribution < -0.4 is 0 Å². The van der Waals surface area contributed by atoms with Gasteiger partial charge >= 0.3 is 35.7 Å². The highest BCUT2D eigenvalue weighted by Crippen LogP contribution is 2.44. The highest BCUT2D eigenvalue weighted by atomic mass is 31.1. The van der Waals surface area contributed by atoms with Crippen LogP contribution in [0.25, 0.3) is 0 Å². The molecule has 0 aromatic heterocycles. The summed E-state index contributed by atoms with van der Waals surface area (Å²) < 4.78 is 80.4. The summed E-state index contributed by atoms with van der Waals surface area (Å²) in [7, 11) is 0.407. The van der Waals surface area contributed by atoms with Crippen LogP contribution in [0.15, 0.2) is 72.8 Å². The molecule has 65 heavy (non-hydrogen) atoms. The van der Waals surface area contributed by atoms with Crippen LogP contribution in [0.3, 0.4) is 0 Å². The van der Waals surface area contributed by atoms with E-state index in [0.29, 0.717) is 36.8 Å². The first-order valence-electron chi connectivity index (χ1n) is 21.2. The molecule has 0 spiro atoms. The van der Waals surface area contributed by atoms with Gasteiger partial charge < -0.3 is 28.3 Å². The van der Waals surface area contributed by atoms with Crippen molar-refractivity contribution in [2.24, 2.45) is 23.7 Å². The van der Waals surface area contributed by atoms with Gasteiger partial charge in [0.15, 0.2) is 0 Å². The number of aldehydes is 1. The molecule has 2 heterocycles. The van der Waals surface area contributed by atoms with Crippen molar-refractivity contribution in [2.75, 3.05) is 19.9 Å². The van der Waals surface area contributed by atoms with Crippen LogP contribution in [0.5, 0.6) is 0 Å². The lowest BCUT2D eigenvalue weighted by Gasteiger charge is -2.20. The maximum absolute atomic E-state index is 14.0. The molecule has 0 bridgehead atoms. The molecule has 19 heteroatoms. The highest BCUT2D eigenvalue weighted by Gasteiger charge is 2.52. The van der Waals surface area contributed by atoms with Crippen LogP contribution in [0.2, 0.25) is 0 Å². The van der Waals surface area contributed by atoms with Crippen LogP contribution in [-0.2, 0) is 47.4 Å². The molecule has 0 radical (unpaired) electrons. The van der Waals surface area contributed by atoms with E-state index in [9.17, 15) is 51.1 Å². The van der Waals surface area contributed by atoms with Crippen molar-refractivity contribution in [1.82, 2.24) is 0 Å². The molecule has 356 valence electrons. The molecule has 2 aromatic rings. The number of hydrogen-bond donors (Lipinski definition) is 0. The van der Waals surface area contributed by atoms with Gasteiger partial charge in [0.1, 0.15) is 30.7 Å². The van der Waals surface area contributed by atoms with E-state index in [1.54, 1.807) is 68.2 Å². The second-order valence-corrected chi connectivity index (χ2v) is 17.8. The number of rotatable bonds is 18. The van der Waals surface area contributed by atoms with E-state index in [1.165, 1.54) is 13.2 Å². The fraction of sp³-hybridized carbons (Fsp3) is 0.543. The first-order chi connectivity index (χ1) is 30.9. The van der Waals surface area contributed by atoms with Crippen LogP contribution in [0, 0.1) is 33.6 Å². The Morgan fingerprint density at radius 2 is 1.15 bits per heavy atom. The Morgan fingerprint density at radius 3 is 1.58 bits per heavy atom. The minimum Gasteiger partial charge on any atom is -0.462 e. The minimum absolute atomic E-state index is 0.111. The lowest BCUT2D eigenvalue weighted by molar-refractivity contribution is -0.143. The van der Waals surface area contributed by atoms with E-state index >= 15 is 0 Å². The van der Waals surface area contributed by atoms with Crippen molar-refractivity contribution in [1.29, 1.82) is 0 Å². The number of hydrogen-bond acceptors (Lipinski definition) is 14. The third-order valence-electron chi connectivity index (χ3n) is 11.4. The van der Waals surface area contributed by atoms with Gasteiger partial charge in [-0.1, -0.05) is 69.2 Å². The van der Waals surface area contributed by atoms with Crippen LogP contribution in [0.4, 0.5) is 17.6 Å². The minimum atomic E-state index is -3.43. The Kier molecular flexibility index (Phi) is 21.7. The fourth-order valence-electron chi connectivity index (χ4n) is 7.82. The van der Waals surface area contributed by atoms with Crippen molar-refractivity contribution in [2.45, 2.75) is 114 Å². The van der Waals surface area contributed by atoms with Crippen molar-refractivity contribution in [3.8, 4) is 0 Å². The first-order valence-corrected chi connectivity index (χ1v) is 23.1. The van der Waals surface area contributed by atoms with Gasteiger partial charge in [-0.05, 0) is 49.8 Å². The summed E-state index contributed by atoms with van der Waals surface area (Å²) >= 11 is 0. The Morgan fingerprint density at radius 1 is 0.723 bits per heavy atom. The predicted octanol–water partition coefficient (Wildman–Crippen LogP) is 8.60. The molecular formula is C46H55F4O14P. The van der Waals surface area contributed by atoms with Gasteiger partial charge in [0.05, 0.1) is 36.0 Å². The molecule has 4 unspecified atom stereocenters. The molecule has 2 aliphatic heterocycles. The Hall–Kier alpha value is -5.22. The van der Waals surface area contributed by atoms with Gasteiger partial charge in [-0.25, -0.2) is 9.59 Å². The third kappa shape index (κ3) is 15.7. The molecule has 9 atom stereocenters. The number of carbonyl (C=O) groups excluding carboxylic acids is 7. The summed E-state index contributed by atoms with van der Waals surface area (Å²) in [5.74, 6) is -11.9. The molecule has 2 saturated heterocycles. The fourth-order valence-corrected chi connectivity index (χ4v) is 8.59. The summed E-state index contributed by atoms with van der Waals surface area (Å²) in [5, 5.41) is 0. The van der Waals surface area contributed by atoms with Gasteiger partial charge in [0.2, 0.25) is 11.6 Å². The van der Waals surface area contributed by atoms with Crippen molar-refractivity contribution < 1.29 is 74.6 Å². The zero-order valence-corrected chi connectivity index (χ0v) is 37.5. The van der Waals surface area contributed by atoms with Crippen molar-refractivity contribution >= 4 is 49.9 Å². The molecule has 0 N–H and O–H groups in total. The van der Waals surface area contributed by atoms with E-state index in [0.717, 1.165) is 12.4 Å². The summed E-state index contributed by atoms with van der Waals surface area (Å²) in [6, 6.07) is 17.0. The summed E-state index contributed by atoms with van der Waals surface area (Å²) in [4.78, 5) is 95.6. The maximum Gasteiger partial charge on any atom is 0.338 e. The molecule has 2 saturated carbocycles. The summed E-state index contributed by atoms with van der Waals surface area (Å²) in [6.07, 6.45) is 3.00. The van der Waals surface area contributed by atoms with Gasteiger partial charge in [0.25, 0.3) is 0 Å². The third-order valence-corrected chi connectivity index (χ3v) is 12.8. The summed E-state index contributed by atoms with van der Waals surface area (Å²) in [5.41, 5.74) is 0.817. The van der Waals surface area contributed by atoms with Crippen LogP contribution in [0.1, 0.15) is 98.8 Å². The van der Waals surface area contributed by atoms with Crippen molar-refractivity contribution in [3.05, 3.63) is 93.9 Å². The van der Waals surface area contributed by atoms with Crippen molar-refractivity contribution in [3.63, 3.8) is 0 Å². The molecule has 2 aliphatic carbocycles. The van der Waals surface area contributed by atoms with E-state index in [1.807, 2.05) is 13.0 Å². The Balaban J connectivity index is 0.000000271. The molecule has 2 aromatic carbocycles. The number of Topliss-reactive ketones (excluding diaryl/α,β-unsaturated/α-hetero) is 1. The monoisotopic (exact) mass is 938 g/mol. The molecule has 4 fully saturated rings. The SMILES string of the molecule is CCCCC(F)(F)C(=O)/C=C/[C@H]1[C@H](OC(=O)c2ccccc2)CC2OC(=O)C[C@@H]21.CCCCC(F)(F)C(=O)CP(C)OC.O=C[C@H]1C(OC(=O)c2ccccc2)CC2OC(=O)C[C@@H]21.O=O. The molecule has 14 nitrogen and oxygen atoms in total. The highest BCUT2D eigenvalue weighted by molar-refractivity contribution is 7.52. The van der Waals surface area contributed by atoms with Crippen LogP contribution >= 0.6 is 8.15 Å². The van der Waals surface area contributed by atoms with Gasteiger partial charge in [-0.2, -0.15) is 17.6 Å². The number of ether oxygens (including phenoxy) is 4. The number of esters is 4. The second kappa shape index (κ2) is 26.1. The predicted molar refractivity (Wildman–Crippen MR) is 229 cm³/mol. The van der Waals surface area contributed by atoms with Crippen LogP contribution in [-0.4, -0.2) is 97.9 Å². The molecular weight excluding hydrogens is 883 g/mol. The number of allylic oxidation sites excluding steroid dienone is 1. The smallest absolute Gasteiger partial charge is 0.338 e. The largest absolute Gasteiger partial charge is 0.462 e. The number of benzene rings is 2. The molecule has 6 rings (SSSR count). The number of unbranched alkanes of at least 4 members (excludes halogenated alkanes) is 2. The van der Waals surface area contributed by atoms with Gasteiger partial charge in [0, 0.05) is 68.6 Å². The second-order valence-electron chi connectivity index (χ2n) is 15.9. The maximum atomic E-state index is 14.0. The van der Waals surface area contributed by atoms with E-state index in [2.05, 4.69) is 0 Å². The standard InChI is InChI=1S/C22H24F2O5.C15H14O5.C9H17F2O2P.O2/c1-2-3-11-22(23,24)19(25)10-9-15-16-12-20(26)28-18(16)13-17(15)29-21(27)14-7-5-4-6-8-14;16-8-11-10-6-14(17)19-12(10)7-13(11)20-15(18)9-4-2-1-3-5-9;1-4-5-6-9(10,11)8(12)7-14(3)13-2;1-2/h4-10,15-18H,2-3,11-13H2,1H3;1-5,8,10-13H,6-7H2;4-7H2,1-3H3;/b10-9+;;;/t15-,16-,17-,18?;10-,11-,12?,13?;;/m11../s1. The lowest BCUT2D eigenvalue weighted by atomic mass is 9.91. The molecule has 4 aliphatic rings.